The molecule has 0 fully saturated rings. The molecule has 0 unspecified atom stereocenters. The summed E-state index contributed by atoms with van der Waals surface area (Å²) in [6.45, 7) is 9.46. The average molecular weight is 214 g/mol. The molecule has 0 heterocycles. The molecule has 0 saturated carbocycles. The Morgan fingerprint density at radius 3 is 2.38 bits per heavy atom. The first-order chi connectivity index (χ1) is 6.02. The van der Waals surface area contributed by atoms with Crippen molar-refractivity contribution in [2.45, 2.75) is 45.8 Å². The molecular weight excluding hydrogens is 192 g/mol. The third-order valence-electron chi connectivity index (χ3n) is 2.04. The molecule has 0 aromatic carbocycles. The summed E-state index contributed by atoms with van der Waals surface area (Å²) in [5.41, 5.74) is 3.46. The van der Waals surface area contributed by atoms with E-state index in [2.05, 4.69) is 44.0 Å². The Morgan fingerprint density at radius 1 is 1.38 bits per heavy atom. The summed E-state index contributed by atoms with van der Waals surface area (Å²) in [7, 11) is -1.10. The van der Waals surface area contributed by atoms with E-state index >= 15 is 0 Å². The number of hydrogen-bond acceptors (Lipinski definition) is 1. The van der Waals surface area contributed by atoms with Crippen molar-refractivity contribution in [1.29, 1.82) is 0 Å². The van der Waals surface area contributed by atoms with Crippen molar-refractivity contribution in [2.75, 3.05) is 6.26 Å². The van der Waals surface area contributed by atoms with Crippen LogP contribution in [0.5, 0.6) is 0 Å². The van der Waals surface area contributed by atoms with Gasteiger partial charge in [-0.25, -0.2) is 0 Å². The highest BCUT2D eigenvalue weighted by Gasteiger charge is 2.18. The maximum atomic E-state index is 3.46. The SMILES string of the molecule is CCCCC(=C=CSC)[Si](C)(C)C. The molecule has 0 nitrogen and oxygen atoms in total. The van der Waals surface area contributed by atoms with Gasteiger partial charge in [-0.2, -0.15) is 0 Å². The Kier molecular flexibility index (Phi) is 6.57. The molecule has 0 atom stereocenters. The standard InChI is InChI=1S/C11H22SSi/c1-6-7-8-11(9-10-12-2)13(3,4)5/h10H,6-8H2,1-5H3. The van der Waals surface area contributed by atoms with E-state index in [1.54, 1.807) is 17.0 Å². The minimum absolute atomic E-state index is 1.10. The third kappa shape index (κ3) is 6.20. The molecule has 0 radical (unpaired) electrons. The first kappa shape index (κ1) is 13.1. The number of rotatable bonds is 5. The van der Waals surface area contributed by atoms with E-state index in [1.807, 2.05) is 0 Å². The van der Waals surface area contributed by atoms with Crippen LogP contribution < -0.4 is 0 Å². The van der Waals surface area contributed by atoms with E-state index in [4.69, 9.17) is 0 Å². The lowest BCUT2D eigenvalue weighted by Gasteiger charge is -2.18. The van der Waals surface area contributed by atoms with Gasteiger partial charge in [-0.1, -0.05) is 33.0 Å². The molecule has 0 aliphatic heterocycles. The predicted octanol–water partition coefficient (Wildman–Crippen LogP) is 4.46. The minimum Gasteiger partial charge on any atom is -0.129 e. The summed E-state index contributed by atoms with van der Waals surface area (Å²) in [5.74, 6) is 0. The summed E-state index contributed by atoms with van der Waals surface area (Å²) in [6.07, 6.45) is 5.95. The summed E-state index contributed by atoms with van der Waals surface area (Å²) in [5, 5.41) is 3.69. The third-order valence-corrected chi connectivity index (χ3v) is 4.60. The van der Waals surface area contributed by atoms with Crippen LogP contribution in [-0.2, 0) is 0 Å². The molecule has 0 bridgehead atoms. The van der Waals surface area contributed by atoms with Gasteiger partial charge < -0.3 is 0 Å². The predicted molar refractivity (Wildman–Crippen MR) is 68.0 cm³/mol. The summed E-state index contributed by atoms with van der Waals surface area (Å²) in [6, 6.07) is 0. The molecule has 0 aliphatic carbocycles. The fraction of sp³-hybridized carbons (Fsp3) is 0.727. The zero-order valence-electron chi connectivity index (χ0n) is 9.61. The quantitative estimate of drug-likeness (QED) is 0.481. The monoisotopic (exact) mass is 214 g/mol. The van der Waals surface area contributed by atoms with Crippen molar-refractivity contribution in [2.24, 2.45) is 0 Å². The van der Waals surface area contributed by atoms with Gasteiger partial charge in [0, 0.05) is 5.41 Å². The lowest BCUT2D eigenvalue weighted by molar-refractivity contribution is 0.804. The van der Waals surface area contributed by atoms with Crippen LogP contribution in [0.25, 0.3) is 0 Å². The lowest BCUT2D eigenvalue weighted by atomic mass is 10.2. The van der Waals surface area contributed by atoms with Crippen LogP contribution >= 0.6 is 11.8 Å². The van der Waals surface area contributed by atoms with Crippen LogP contribution in [-0.4, -0.2) is 14.3 Å². The topological polar surface area (TPSA) is 0 Å². The molecule has 0 amide bonds. The van der Waals surface area contributed by atoms with Crippen LogP contribution in [0.4, 0.5) is 0 Å². The fourth-order valence-corrected chi connectivity index (χ4v) is 2.94. The fourth-order valence-electron chi connectivity index (χ4n) is 1.15. The van der Waals surface area contributed by atoms with E-state index in [-0.39, 0.29) is 0 Å². The second kappa shape index (κ2) is 6.53. The molecule has 2 heteroatoms. The Bertz CT molecular complexity index is 195. The zero-order valence-corrected chi connectivity index (χ0v) is 11.4. The summed E-state index contributed by atoms with van der Waals surface area (Å²) in [4.78, 5) is 0. The minimum atomic E-state index is -1.10. The molecule has 13 heavy (non-hydrogen) atoms. The molecule has 0 aromatic rings. The highest BCUT2D eigenvalue weighted by Crippen LogP contribution is 2.19. The lowest BCUT2D eigenvalue weighted by Crippen LogP contribution is -2.23. The van der Waals surface area contributed by atoms with Crippen molar-refractivity contribution < 1.29 is 0 Å². The molecule has 0 spiro atoms. The molecule has 0 saturated heterocycles. The molecule has 0 aliphatic rings. The van der Waals surface area contributed by atoms with Crippen LogP contribution in [0.15, 0.2) is 16.3 Å². The first-order valence-electron chi connectivity index (χ1n) is 4.99. The van der Waals surface area contributed by atoms with Gasteiger partial charge in [0.15, 0.2) is 0 Å². The Balaban J connectivity index is 4.47. The van der Waals surface area contributed by atoms with Crippen molar-refractivity contribution in [3.8, 4) is 0 Å². The van der Waals surface area contributed by atoms with Crippen molar-refractivity contribution >= 4 is 19.8 Å². The Labute approximate surface area is 88.5 Å². The largest absolute Gasteiger partial charge is 0.129 e. The normalized spacial score (nSPS) is 10.8. The Morgan fingerprint density at radius 2 is 2.00 bits per heavy atom. The second-order valence-corrected chi connectivity index (χ2v) is 10.1. The highest BCUT2D eigenvalue weighted by molar-refractivity contribution is 8.01. The van der Waals surface area contributed by atoms with Gasteiger partial charge in [-0.15, -0.1) is 17.5 Å². The number of allylic oxidation sites excluding steroid dienone is 1. The average Bonchev–Trinajstić information content (AvgIpc) is 2.02. The molecule has 0 rings (SSSR count). The van der Waals surface area contributed by atoms with E-state index in [0.29, 0.717) is 0 Å². The maximum Gasteiger partial charge on any atom is 0.0823 e. The van der Waals surface area contributed by atoms with E-state index in [9.17, 15) is 0 Å². The number of hydrogen-bond donors (Lipinski definition) is 0. The van der Waals surface area contributed by atoms with Gasteiger partial charge in [-0.3, -0.25) is 0 Å². The highest BCUT2D eigenvalue weighted by atomic mass is 32.2. The van der Waals surface area contributed by atoms with Crippen molar-refractivity contribution in [3.63, 3.8) is 0 Å². The van der Waals surface area contributed by atoms with Crippen LogP contribution in [0, 0.1) is 0 Å². The van der Waals surface area contributed by atoms with Gasteiger partial charge in [0.1, 0.15) is 0 Å². The molecular formula is C11H22SSi. The molecule has 0 N–H and O–H groups in total. The van der Waals surface area contributed by atoms with Gasteiger partial charge in [0.05, 0.1) is 8.07 Å². The summed E-state index contributed by atoms with van der Waals surface area (Å²) >= 11 is 1.74. The molecule has 76 valence electrons. The van der Waals surface area contributed by atoms with Gasteiger partial charge in [-0.05, 0) is 24.3 Å². The van der Waals surface area contributed by atoms with Gasteiger partial charge in [0.25, 0.3) is 0 Å². The smallest absolute Gasteiger partial charge is 0.0823 e. The second-order valence-electron chi connectivity index (χ2n) is 4.33. The summed E-state index contributed by atoms with van der Waals surface area (Å²) < 4.78 is 0. The first-order valence-corrected chi connectivity index (χ1v) is 9.78. The van der Waals surface area contributed by atoms with E-state index in [0.717, 1.165) is 0 Å². The van der Waals surface area contributed by atoms with Crippen LogP contribution in [0.3, 0.4) is 0 Å². The van der Waals surface area contributed by atoms with Crippen molar-refractivity contribution in [1.82, 2.24) is 0 Å². The van der Waals surface area contributed by atoms with E-state index in [1.165, 1.54) is 19.3 Å². The van der Waals surface area contributed by atoms with Crippen LogP contribution in [0.2, 0.25) is 19.6 Å². The van der Waals surface area contributed by atoms with E-state index < -0.39 is 8.07 Å². The zero-order chi connectivity index (χ0) is 10.3. The van der Waals surface area contributed by atoms with Crippen molar-refractivity contribution in [3.05, 3.63) is 16.3 Å². The Hall–Kier alpha value is 0.0869. The number of unbranched alkanes of at least 4 members (excludes halogenated alkanes) is 1. The number of thioether (sulfide) groups is 1. The van der Waals surface area contributed by atoms with Crippen LogP contribution in [0.1, 0.15) is 26.2 Å². The van der Waals surface area contributed by atoms with Gasteiger partial charge >= 0.3 is 0 Å². The molecule has 0 aromatic heterocycles. The maximum absolute atomic E-state index is 3.46. The van der Waals surface area contributed by atoms with Gasteiger partial charge in [0.2, 0.25) is 0 Å².